The highest BCUT2D eigenvalue weighted by atomic mass is 79.9. The number of anilines is 4. The highest BCUT2D eigenvalue weighted by Gasteiger charge is 2.09. The number of nitrogens with zero attached hydrogens (tertiary/aromatic N) is 4. The van der Waals surface area contributed by atoms with Crippen molar-refractivity contribution in [2.75, 3.05) is 10.6 Å². The van der Waals surface area contributed by atoms with Gasteiger partial charge in [0.2, 0.25) is 0 Å². The summed E-state index contributed by atoms with van der Waals surface area (Å²) in [5.41, 5.74) is 5.80. The number of pyridine rings is 2. The molecule has 162 valence electrons. The number of hydrogen-bond acceptors (Lipinski definition) is 8. The van der Waals surface area contributed by atoms with Gasteiger partial charge in [-0.25, -0.2) is 9.97 Å². The van der Waals surface area contributed by atoms with Gasteiger partial charge in [0, 0.05) is 34.3 Å². The lowest BCUT2D eigenvalue weighted by molar-refractivity contribution is 1.31. The van der Waals surface area contributed by atoms with Gasteiger partial charge in [-0.05, 0) is 30.3 Å². The standard InChI is InChI=1S/C22H16N6S2.2BrH/c1-4-15(19-13-29-21(27-19)25-17-6-2-8-23-11-17)10-16(5-1)20-14-30-22(28-20)26-18-7-3-9-24-12-18;;/h1-14H,(H,25,27)(H,26,28);2*1H. The topological polar surface area (TPSA) is 75.6 Å². The predicted octanol–water partition coefficient (Wildman–Crippen LogP) is 7.37. The summed E-state index contributed by atoms with van der Waals surface area (Å²) >= 11 is 3.13. The van der Waals surface area contributed by atoms with Crippen LogP contribution >= 0.6 is 56.6 Å². The Hall–Kier alpha value is -2.66. The molecule has 0 saturated heterocycles. The van der Waals surface area contributed by atoms with Gasteiger partial charge in [0.25, 0.3) is 0 Å². The maximum atomic E-state index is 4.71. The van der Waals surface area contributed by atoms with E-state index in [0.29, 0.717) is 0 Å². The zero-order chi connectivity index (χ0) is 20.2. The molecule has 10 heteroatoms. The summed E-state index contributed by atoms with van der Waals surface area (Å²) in [6.45, 7) is 0. The van der Waals surface area contributed by atoms with Gasteiger partial charge in [-0.3, -0.25) is 9.97 Å². The van der Waals surface area contributed by atoms with Crippen LogP contribution in [0.15, 0.2) is 84.1 Å². The second kappa shape index (κ2) is 11.3. The molecule has 0 radical (unpaired) electrons. The quantitative estimate of drug-likeness (QED) is 0.215. The molecular formula is C22H18Br2N6S2. The van der Waals surface area contributed by atoms with E-state index >= 15 is 0 Å². The first-order chi connectivity index (χ1) is 14.8. The van der Waals surface area contributed by atoms with Gasteiger partial charge in [-0.1, -0.05) is 18.2 Å². The number of hydrogen-bond donors (Lipinski definition) is 2. The lowest BCUT2D eigenvalue weighted by Gasteiger charge is -2.03. The monoisotopic (exact) mass is 588 g/mol. The molecule has 1 aromatic carbocycles. The van der Waals surface area contributed by atoms with Crippen molar-refractivity contribution in [3.05, 3.63) is 84.1 Å². The van der Waals surface area contributed by atoms with E-state index < -0.39 is 0 Å². The molecule has 2 N–H and O–H groups in total. The van der Waals surface area contributed by atoms with Gasteiger partial charge in [0.15, 0.2) is 10.3 Å². The van der Waals surface area contributed by atoms with E-state index in [2.05, 4.69) is 38.8 Å². The number of nitrogens with one attached hydrogen (secondary N) is 2. The lowest BCUT2D eigenvalue weighted by Crippen LogP contribution is -1.90. The zero-order valence-corrected chi connectivity index (χ0v) is 21.6. The van der Waals surface area contributed by atoms with Crippen molar-refractivity contribution >= 4 is 78.3 Å². The maximum Gasteiger partial charge on any atom is 0.187 e. The van der Waals surface area contributed by atoms with Crippen LogP contribution < -0.4 is 10.6 Å². The molecular weight excluding hydrogens is 572 g/mol. The molecule has 0 spiro atoms. The first-order valence-corrected chi connectivity index (χ1v) is 11.0. The molecule has 0 aliphatic carbocycles. The lowest BCUT2D eigenvalue weighted by atomic mass is 10.1. The van der Waals surface area contributed by atoms with Crippen molar-refractivity contribution in [2.24, 2.45) is 0 Å². The number of benzene rings is 1. The molecule has 5 rings (SSSR count). The Labute approximate surface area is 214 Å². The molecule has 5 aromatic rings. The van der Waals surface area contributed by atoms with Gasteiger partial charge in [0.05, 0.1) is 35.2 Å². The normalized spacial score (nSPS) is 10.0. The number of rotatable bonds is 6. The highest BCUT2D eigenvalue weighted by molar-refractivity contribution is 8.93. The van der Waals surface area contributed by atoms with Crippen LogP contribution in [0.5, 0.6) is 0 Å². The molecule has 32 heavy (non-hydrogen) atoms. The minimum atomic E-state index is 0. The van der Waals surface area contributed by atoms with E-state index in [-0.39, 0.29) is 34.0 Å². The third kappa shape index (κ3) is 5.77. The fourth-order valence-electron chi connectivity index (χ4n) is 2.89. The minimum absolute atomic E-state index is 0. The van der Waals surface area contributed by atoms with E-state index in [1.165, 1.54) is 0 Å². The zero-order valence-electron chi connectivity index (χ0n) is 16.5. The van der Waals surface area contributed by atoms with Crippen LogP contribution in [0, 0.1) is 0 Å². The smallest absolute Gasteiger partial charge is 0.187 e. The van der Waals surface area contributed by atoms with E-state index in [1.54, 1.807) is 47.5 Å². The summed E-state index contributed by atoms with van der Waals surface area (Å²) in [6, 6.07) is 16.0. The molecule has 4 aromatic heterocycles. The van der Waals surface area contributed by atoms with E-state index in [0.717, 1.165) is 44.2 Å². The third-order valence-electron chi connectivity index (χ3n) is 4.29. The summed E-state index contributed by atoms with van der Waals surface area (Å²) in [6.07, 6.45) is 7.06. The van der Waals surface area contributed by atoms with Gasteiger partial charge >= 0.3 is 0 Å². The molecule has 0 unspecified atom stereocenters. The SMILES string of the molecule is Br.Br.c1cncc(Nc2nc(-c3cccc(-c4csc(Nc5cccnc5)n4)c3)cs2)c1. The van der Waals surface area contributed by atoms with Crippen molar-refractivity contribution in [3.8, 4) is 22.5 Å². The fourth-order valence-corrected chi connectivity index (χ4v) is 4.37. The van der Waals surface area contributed by atoms with Gasteiger partial charge < -0.3 is 10.6 Å². The highest BCUT2D eigenvalue weighted by Crippen LogP contribution is 2.31. The van der Waals surface area contributed by atoms with Crippen LogP contribution in [0.4, 0.5) is 21.6 Å². The molecule has 6 nitrogen and oxygen atoms in total. The summed E-state index contributed by atoms with van der Waals surface area (Å²) in [7, 11) is 0. The van der Waals surface area contributed by atoms with Crippen molar-refractivity contribution < 1.29 is 0 Å². The van der Waals surface area contributed by atoms with Crippen LogP contribution in [0.3, 0.4) is 0 Å². The largest absolute Gasteiger partial charge is 0.330 e. The second-order valence-electron chi connectivity index (χ2n) is 6.39. The summed E-state index contributed by atoms with van der Waals surface area (Å²) in [4.78, 5) is 17.7. The Morgan fingerprint density at radius 2 is 1.12 bits per heavy atom. The van der Waals surface area contributed by atoms with Crippen molar-refractivity contribution in [1.82, 2.24) is 19.9 Å². The van der Waals surface area contributed by atoms with E-state index in [9.17, 15) is 0 Å². The Kier molecular flexibility index (Phi) is 8.46. The van der Waals surface area contributed by atoms with Gasteiger partial charge in [-0.15, -0.1) is 56.6 Å². The van der Waals surface area contributed by atoms with Gasteiger partial charge in [-0.2, -0.15) is 0 Å². The van der Waals surface area contributed by atoms with Crippen molar-refractivity contribution in [2.45, 2.75) is 0 Å². The van der Waals surface area contributed by atoms with Crippen LogP contribution in [0.1, 0.15) is 0 Å². The van der Waals surface area contributed by atoms with Gasteiger partial charge in [0.1, 0.15) is 0 Å². The van der Waals surface area contributed by atoms with Crippen LogP contribution in [0.2, 0.25) is 0 Å². The summed E-state index contributed by atoms with van der Waals surface area (Å²) in [5, 5.41) is 12.3. The summed E-state index contributed by atoms with van der Waals surface area (Å²) in [5.74, 6) is 0. The average molecular weight is 590 g/mol. The third-order valence-corrected chi connectivity index (χ3v) is 5.80. The number of aromatic nitrogens is 4. The minimum Gasteiger partial charge on any atom is -0.330 e. The Balaban J connectivity index is 0.00000144. The Morgan fingerprint density at radius 1 is 0.625 bits per heavy atom. The molecule has 0 atom stereocenters. The first-order valence-electron chi connectivity index (χ1n) is 9.19. The van der Waals surface area contributed by atoms with E-state index in [4.69, 9.17) is 9.97 Å². The second-order valence-corrected chi connectivity index (χ2v) is 8.11. The van der Waals surface area contributed by atoms with Crippen LogP contribution in [0.25, 0.3) is 22.5 Å². The number of thiazole rings is 2. The van der Waals surface area contributed by atoms with Crippen molar-refractivity contribution in [3.63, 3.8) is 0 Å². The Morgan fingerprint density at radius 3 is 1.56 bits per heavy atom. The fraction of sp³-hybridized carbons (Fsp3) is 0. The average Bonchev–Trinajstić information content (AvgIpc) is 3.45. The predicted molar refractivity (Wildman–Crippen MR) is 144 cm³/mol. The molecule has 0 saturated carbocycles. The van der Waals surface area contributed by atoms with Crippen LogP contribution in [-0.2, 0) is 0 Å². The van der Waals surface area contributed by atoms with E-state index in [1.807, 2.05) is 41.1 Å². The molecule has 0 bridgehead atoms. The molecule has 0 aliphatic rings. The maximum absolute atomic E-state index is 4.71. The molecule has 0 fully saturated rings. The summed E-state index contributed by atoms with van der Waals surface area (Å²) < 4.78 is 0. The van der Waals surface area contributed by atoms with Crippen molar-refractivity contribution in [1.29, 1.82) is 0 Å². The number of halogens is 2. The molecule has 0 amide bonds. The Bertz CT molecular complexity index is 1170. The first kappa shape index (κ1) is 24.0. The van der Waals surface area contributed by atoms with Crippen LogP contribution in [-0.4, -0.2) is 19.9 Å². The molecule has 0 aliphatic heterocycles. The molecule has 4 heterocycles.